The molecular weight excluding hydrogens is 410 g/mol. The van der Waals surface area contributed by atoms with E-state index in [-0.39, 0.29) is 18.4 Å². The van der Waals surface area contributed by atoms with Gasteiger partial charge in [0, 0.05) is 17.8 Å². The van der Waals surface area contributed by atoms with E-state index >= 15 is 0 Å². The van der Waals surface area contributed by atoms with E-state index in [2.05, 4.69) is 10.6 Å². The zero-order chi connectivity index (χ0) is 22.5. The number of para-hydroxylation sites is 1. The van der Waals surface area contributed by atoms with E-state index in [1.807, 2.05) is 30.3 Å². The SMILES string of the molecule is COc1ccc(CNC(=O)Cn2c(=O)oc3ccc(C(=O)Nc4ccccc4)cc32)cc1. The summed E-state index contributed by atoms with van der Waals surface area (Å²) in [5.41, 5.74) is 2.56. The number of oxazole rings is 1. The highest BCUT2D eigenvalue weighted by atomic mass is 16.5. The minimum Gasteiger partial charge on any atom is -0.497 e. The maximum Gasteiger partial charge on any atom is 0.420 e. The summed E-state index contributed by atoms with van der Waals surface area (Å²) in [4.78, 5) is 37.3. The molecule has 4 rings (SSSR count). The summed E-state index contributed by atoms with van der Waals surface area (Å²) in [5.74, 6) is -0.629. The molecule has 32 heavy (non-hydrogen) atoms. The van der Waals surface area contributed by atoms with E-state index in [4.69, 9.17) is 9.15 Å². The van der Waals surface area contributed by atoms with Gasteiger partial charge in [-0.3, -0.25) is 14.2 Å². The van der Waals surface area contributed by atoms with Gasteiger partial charge in [-0.2, -0.15) is 0 Å². The highest BCUT2D eigenvalue weighted by Crippen LogP contribution is 2.17. The molecule has 0 atom stereocenters. The van der Waals surface area contributed by atoms with Crippen LogP contribution in [0.2, 0.25) is 0 Å². The van der Waals surface area contributed by atoms with E-state index in [1.165, 1.54) is 10.6 Å². The average Bonchev–Trinajstić information content (AvgIpc) is 3.12. The highest BCUT2D eigenvalue weighted by Gasteiger charge is 2.15. The molecule has 162 valence electrons. The number of benzene rings is 3. The Labute approximate surface area is 183 Å². The van der Waals surface area contributed by atoms with Gasteiger partial charge in [-0.15, -0.1) is 0 Å². The van der Waals surface area contributed by atoms with Gasteiger partial charge in [-0.25, -0.2) is 4.79 Å². The third kappa shape index (κ3) is 4.70. The standard InChI is InChI=1S/C24H21N3O5/c1-31-19-10-7-16(8-11-19)14-25-22(28)15-27-20-13-17(9-12-21(20)32-24(27)30)23(29)26-18-5-3-2-4-6-18/h2-13H,14-15H2,1H3,(H,25,28)(H,26,29). The van der Waals surface area contributed by atoms with Crippen LogP contribution in [-0.2, 0) is 17.9 Å². The number of hydrogen-bond donors (Lipinski definition) is 2. The van der Waals surface area contributed by atoms with Crippen LogP contribution in [0.5, 0.6) is 5.75 Å². The van der Waals surface area contributed by atoms with E-state index < -0.39 is 5.76 Å². The number of aromatic nitrogens is 1. The Balaban J connectivity index is 1.48. The zero-order valence-corrected chi connectivity index (χ0v) is 17.3. The first-order valence-electron chi connectivity index (χ1n) is 9.93. The molecule has 0 fully saturated rings. The number of nitrogens with one attached hydrogen (secondary N) is 2. The van der Waals surface area contributed by atoms with Gasteiger partial charge in [-0.05, 0) is 48.0 Å². The summed E-state index contributed by atoms with van der Waals surface area (Å²) in [5, 5.41) is 5.57. The third-order valence-corrected chi connectivity index (χ3v) is 4.91. The fraction of sp³-hybridized carbons (Fsp3) is 0.125. The molecule has 0 aliphatic heterocycles. The summed E-state index contributed by atoms with van der Waals surface area (Å²) >= 11 is 0. The second-order valence-electron chi connectivity index (χ2n) is 7.08. The number of methoxy groups -OCH3 is 1. The van der Waals surface area contributed by atoms with Gasteiger partial charge in [0.1, 0.15) is 12.3 Å². The Hall–Kier alpha value is -4.33. The van der Waals surface area contributed by atoms with E-state index in [0.29, 0.717) is 28.9 Å². The Morgan fingerprint density at radius 3 is 2.47 bits per heavy atom. The van der Waals surface area contributed by atoms with Crippen LogP contribution in [0.4, 0.5) is 5.69 Å². The van der Waals surface area contributed by atoms with Crippen LogP contribution in [0.1, 0.15) is 15.9 Å². The number of carbonyl (C=O) groups excluding carboxylic acids is 2. The van der Waals surface area contributed by atoms with Crippen molar-refractivity contribution in [1.29, 1.82) is 0 Å². The lowest BCUT2D eigenvalue weighted by molar-refractivity contribution is -0.121. The predicted octanol–water partition coefficient (Wildman–Crippen LogP) is 3.17. The molecule has 0 bridgehead atoms. The van der Waals surface area contributed by atoms with Gasteiger partial charge in [-0.1, -0.05) is 30.3 Å². The minimum absolute atomic E-state index is 0.230. The fourth-order valence-electron chi connectivity index (χ4n) is 3.22. The number of carbonyl (C=O) groups is 2. The molecule has 3 aromatic carbocycles. The zero-order valence-electron chi connectivity index (χ0n) is 17.3. The summed E-state index contributed by atoms with van der Waals surface area (Å²) in [6, 6.07) is 21.0. The molecule has 0 saturated carbocycles. The number of hydrogen-bond acceptors (Lipinski definition) is 5. The molecule has 8 nitrogen and oxygen atoms in total. The molecule has 1 heterocycles. The van der Waals surface area contributed by atoms with Crippen molar-refractivity contribution in [2.75, 3.05) is 12.4 Å². The molecule has 0 radical (unpaired) electrons. The Morgan fingerprint density at radius 2 is 1.75 bits per heavy atom. The molecule has 0 spiro atoms. The quantitative estimate of drug-likeness (QED) is 0.468. The van der Waals surface area contributed by atoms with Crippen LogP contribution in [0.3, 0.4) is 0 Å². The number of nitrogens with zero attached hydrogens (tertiary/aromatic N) is 1. The molecule has 0 aliphatic carbocycles. The van der Waals surface area contributed by atoms with Gasteiger partial charge in [0.05, 0.1) is 12.6 Å². The molecule has 4 aromatic rings. The molecule has 0 saturated heterocycles. The second kappa shape index (κ2) is 9.22. The van der Waals surface area contributed by atoms with Gasteiger partial charge in [0.2, 0.25) is 5.91 Å². The van der Waals surface area contributed by atoms with Gasteiger partial charge in [0.25, 0.3) is 5.91 Å². The van der Waals surface area contributed by atoms with Crippen LogP contribution in [0, 0.1) is 0 Å². The number of ether oxygens (including phenoxy) is 1. The van der Waals surface area contributed by atoms with E-state index in [0.717, 1.165) is 11.3 Å². The monoisotopic (exact) mass is 431 g/mol. The van der Waals surface area contributed by atoms with Gasteiger partial charge < -0.3 is 19.8 Å². The molecule has 8 heteroatoms. The summed E-state index contributed by atoms with van der Waals surface area (Å²) in [7, 11) is 1.58. The van der Waals surface area contributed by atoms with Crippen LogP contribution in [-0.4, -0.2) is 23.5 Å². The summed E-state index contributed by atoms with van der Waals surface area (Å²) < 4.78 is 11.5. The molecule has 2 N–H and O–H groups in total. The first-order valence-corrected chi connectivity index (χ1v) is 9.93. The molecule has 2 amide bonds. The predicted molar refractivity (Wildman–Crippen MR) is 120 cm³/mol. The van der Waals surface area contributed by atoms with Gasteiger partial charge >= 0.3 is 5.76 Å². The van der Waals surface area contributed by atoms with E-state index in [1.54, 1.807) is 43.5 Å². The first-order chi connectivity index (χ1) is 15.5. The lowest BCUT2D eigenvalue weighted by Gasteiger charge is -2.08. The third-order valence-electron chi connectivity index (χ3n) is 4.91. The molecule has 1 aromatic heterocycles. The normalized spacial score (nSPS) is 10.7. The maximum absolute atomic E-state index is 12.6. The Bertz CT molecular complexity index is 1310. The number of anilines is 1. The Morgan fingerprint density at radius 1 is 1.00 bits per heavy atom. The van der Waals surface area contributed by atoms with Crippen LogP contribution >= 0.6 is 0 Å². The topological polar surface area (TPSA) is 103 Å². The largest absolute Gasteiger partial charge is 0.497 e. The van der Waals surface area contributed by atoms with Crippen molar-refractivity contribution >= 4 is 28.6 Å². The lowest BCUT2D eigenvalue weighted by Crippen LogP contribution is -2.30. The minimum atomic E-state index is -0.666. The van der Waals surface area contributed by atoms with E-state index in [9.17, 15) is 14.4 Å². The molecule has 0 aliphatic rings. The second-order valence-corrected chi connectivity index (χ2v) is 7.08. The number of fused-ring (bicyclic) bond motifs is 1. The lowest BCUT2D eigenvalue weighted by atomic mass is 10.2. The van der Waals surface area contributed by atoms with Gasteiger partial charge in [0.15, 0.2) is 5.58 Å². The first kappa shape index (κ1) is 20.9. The number of rotatable bonds is 7. The van der Waals surface area contributed by atoms with Crippen molar-refractivity contribution in [2.24, 2.45) is 0 Å². The van der Waals surface area contributed by atoms with Crippen LogP contribution < -0.4 is 21.1 Å². The Kier molecular flexibility index (Phi) is 6.03. The van der Waals surface area contributed by atoms with Crippen LogP contribution in [0.25, 0.3) is 11.1 Å². The fourth-order valence-corrected chi connectivity index (χ4v) is 3.22. The van der Waals surface area contributed by atoms with Crippen molar-refractivity contribution in [1.82, 2.24) is 9.88 Å². The summed E-state index contributed by atoms with van der Waals surface area (Å²) in [6.45, 7) is 0.0733. The molecular formula is C24H21N3O5. The average molecular weight is 431 g/mol. The maximum atomic E-state index is 12.6. The van der Waals surface area contributed by atoms with Crippen molar-refractivity contribution in [3.63, 3.8) is 0 Å². The van der Waals surface area contributed by atoms with Crippen molar-refractivity contribution < 1.29 is 18.7 Å². The summed E-state index contributed by atoms with van der Waals surface area (Å²) in [6.07, 6.45) is 0. The van der Waals surface area contributed by atoms with Crippen LogP contribution in [0.15, 0.2) is 82.0 Å². The smallest absolute Gasteiger partial charge is 0.420 e. The number of amides is 2. The highest BCUT2D eigenvalue weighted by molar-refractivity contribution is 6.05. The van der Waals surface area contributed by atoms with Crippen molar-refractivity contribution in [3.8, 4) is 5.75 Å². The van der Waals surface area contributed by atoms with Crippen molar-refractivity contribution in [2.45, 2.75) is 13.1 Å². The molecule has 0 unspecified atom stereocenters. The van der Waals surface area contributed by atoms with Crippen molar-refractivity contribution in [3.05, 3.63) is 94.5 Å².